The van der Waals surface area contributed by atoms with Crippen molar-refractivity contribution < 1.29 is 0 Å². The van der Waals surface area contributed by atoms with Crippen LogP contribution in [-0.4, -0.2) is 15.7 Å². The van der Waals surface area contributed by atoms with E-state index in [-0.39, 0.29) is 6.04 Å². The SMILES string of the molecule is Nc1ncnc2c1N=C(c1ccc(Br)cc1)CC(c1ccccc1)N2. The Bertz CT molecular complexity index is 922. The molecule has 0 saturated heterocycles. The van der Waals surface area contributed by atoms with Crippen LogP contribution in [0, 0.1) is 0 Å². The molecule has 3 N–H and O–H groups in total. The molecule has 1 aliphatic heterocycles. The van der Waals surface area contributed by atoms with Crippen molar-refractivity contribution >= 4 is 39.0 Å². The molecule has 4 rings (SSSR count). The Morgan fingerprint density at radius 1 is 1.00 bits per heavy atom. The molecule has 1 atom stereocenters. The molecule has 2 heterocycles. The van der Waals surface area contributed by atoms with E-state index < -0.39 is 0 Å². The van der Waals surface area contributed by atoms with Gasteiger partial charge >= 0.3 is 0 Å². The lowest BCUT2D eigenvalue weighted by molar-refractivity contribution is 0.821. The monoisotopic (exact) mass is 393 g/mol. The Labute approximate surface area is 154 Å². The van der Waals surface area contributed by atoms with Crippen molar-refractivity contribution in [2.75, 3.05) is 11.1 Å². The molecular formula is C19H16BrN5. The Kier molecular flexibility index (Phi) is 4.19. The van der Waals surface area contributed by atoms with E-state index in [1.807, 2.05) is 30.3 Å². The summed E-state index contributed by atoms with van der Waals surface area (Å²) in [5.74, 6) is 1.04. The molecule has 0 radical (unpaired) electrons. The summed E-state index contributed by atoms with van der Waals surface area (Å²) in [5.41, 5.74) is 9.84. The van der Waals surface area contributed by atoms with Crippen molar-refractivity contribution in [3.63, 3.8) is 0 Å². The molecule has 0 saturated carbocycles. The van der Waals surface area contributed by atoms with E-state index in [0.717, 1.165) is 22.2 Å². The highest BCUT2D eigenvalue weighted by Crippen LogP contribution is 2.36. The highest BCUT2D eigenvalue weighted by atomic mass is 79.9. The molecule has 6 heteroatoms. The number of fused-ring (bicyclic) bond motifs is 1. The third kappa shape index (κ3) is 3.25. The minimum Gasteiger partial charge on any atom is -0.382 e. The topological polar surface area (TPSA) is 76.2 Å². The number of anilines is 2. The molecule has 25 heavy (non-hydrogen) atoms. The van der Waals surface area contributed by atoms with Crippen LogP contribution in [0.2, 0.25) is 0 Å². The number of aliphatic imine (C=N–C) groups is 1. The van der Waals surface area contributed by atoms with Crippen LogP contribution in [0.5, 0.6) is 0 Å². The van der Waals surface area contributed by atoms with Crippen LogP contribution < -0.4 is 11.1 Å². The van der Waals surface area contributed by atoms with Crippen LogP contribution in [-0.2, 0) is 0 Å². The van der Waals surface area contributed by atoms with Gasteiger partial charge in [0.15, 0.2) is 11.6 Å². The van der Waals surface area contributed by atoms with E-state index in [1.54, 1.807) is 0 Å². The lowest BCUT2D eigenvalue weighted by Crippen LogP contribution is -2.15. The summed E-state index contributed by atoms with van der Waals surface area (Å²) in [4.78, 5) is 13.2. The molecule has 0 aliphatic carbocycles. The fourth-order valence-electron chi connectivity index (χ4n) is 2.91. The number of aromatic nitrogens is 2. The smallest absolute Gasteiger partial charge is 0.158 e. The maximum absolute atomic E-state index is 6.05. The van der Waals surface area contributed by atoms with Gasteiger partial charge in [-0.05, 0) is 23.3 Å². The zero-order chi connectivity index (χ0) is 17.2. The molecule has 0 fully saturated rings. The number of hydrogen-bond acceptors (Lipinski definition) is 5. The summed E-state index contributed by atoms with van der Waals surface area (Å²) >= 11 is 3.48. The van der Waals surface area contributed by atoms with Crippen LogP contribution in [0.25, 0.3) is 0 Å². The first-order chi connectivity index (χ1) is 12.2. The average Bonchev–Trinajstić information content (AvgIpc) is 2.84. The number of hydrogen-bond donors (Lipinski definition) is 2. The summed E-state index contributed by atoms with van der Waals surface area (Å²) in [6.45, 7) is 0. The predicted octanol–water partition coefficient (Wildman–Crippen LogP) is 4.50. The predicted molar refractivity (Wildman–Crippen MR) is 104 cm³/mol. The van der Waals surface area contributed by atoms with Crippen molar-refractivity contribution in [3.05, 3.63) is 76.5 Å². The zero-order valence-electron chi connectivity index (χ0n) is 13.4. The van der Waals surface area contributed by atoms with Gasteiger partial charge in [0.25, 0.3) is 0 Å². The third-order valence-electron chi connectivity index (χ3n) is 4.19. The lowest BCUT2D eigenvalue weighted by atomic mass is 9.97. The minimum atomic E-state index is 0.0548. The molecule has 2 aromatic carbocycles. The van der Waals surface area contributed by atoms with Gasteiger partial charge in [-0.3, -0.25) is 0 Å². The van der Waals surface area contributed by atoms with E-state index in [2.05, 4.69) is 55.5 Å². The summed E-state index contributed by atoms with van der Waals surface area (Å²) in [7, 11) is 0. The molecule has 0 amide bonds. The number of nitrogens with two attached hydrogens (primary N) is 1. The lowest BCUT2D eigenvalue weighted by Gasteiger charge is -2.18. The molecule has 124 valence electrons. The second-order valence-electron chi connectivity index (χ2n) is 5.83. The Balaban J connectivity index is 1.83. The van der Waals surface area contributed by atoms with Gasteiger partial charge in [-0.15, -0.1) is 0 Å². The molecule has 1 aliphatic rings. The molecule has 3 aromatic rings. The van der Waals surface area contributed by atoms with E-state index in [1.165, 1.54) is 11.9 Å². The first-order valence-corrected chi connectivity index (χ1v) is 8.75. The van der Waals surface area contributed by atoms with E-state index in [4.69, 9.17) is 10.7 Å². The summed E-state index contributed by atoms with van der Waals surface area (Å²) in [6, 6.07) is 18.5. The van der Waals surface area contributed by atoms with Crippen molar-refractivity contribution in [2.24, 2.45) is 4.99 Å². The van der Waals surface area contributed by atoms with Crippen LogP contribution in [0.4, 0.5) is 17.3 Å². The molecule has 5 nitrogen and oxygen atoms in total. The van der Waals surface area contributed by atoms with Crippen LogP contribution in [0.15, 0.2) is 70.4 Å². The maximum Gasteiger partial charge on any atom is 0.158 e. The van der Waals surface area contributed by atoms with E-state index in [0.29, 0.717) is 17.3 Å². The Morgan fingerprint density at radius 2 is 1.76 bits per heavy atom. The Hall–Kier alpha value is -2.73. The fraction of sp³-hybridized carbons (Fsp3) is 0.105. The van der Waals surface area contributed by atoms with Gasteiger partial charge in [-0.25, -0.2) is 15.0 Å². The van der Waals surface area contributed by atoms with Gasteiger partial charge in [-0.2, -0.15) is 0 Å². The normalized spacial score (nSPS) is 16.4. The van der Waals surface area contributed by atoms with Crippen LogP contribution >= 0.6 is 15.9 Å². The second kappa shape index (κ2) is 6.64. The third-order valence-corrected chi connectivity index (χ3v) is 4.71. The second-order valence-corrected chi connectivity index (χ2v) is 6.75. The van der Waals surface area contributed by atoms with Crippen molar-refractivity contribution in [2.45, 2.75) is 12.5 Å². The summed E-state index contributed by atoms with van der Waals surface area (Å²) in [5, 5.41) is 3.47. The number of nitrogens with one attached hydrogen (secondary N) is 1. The van der Waals surface area contributed by atoms with Gasteiger partial charge in [0, 0.05) is 10.9 Å². The maximum atomic E-state index is 6.05. The molecule has 1 aromatic heterocycles. The van der Waals surface area contributed by atoms with E-state index >= 15 is 0 Å². The average molecular weight is 394 g/mol. The minimum absolute atomic E-state index is 0.0548. The highest BCUT2D eigenvalue weighted by Gasteiger charge is 2.23. The standard InChI is InChI=1S/C19H16BrN5/c20-14-8-6-13(7-9-14)15-10-16(12-4-2-1-3-5-12)25-19-17(24-15)18(21)22-11-23-19/h1-9,11,16H,10H2,(H3,21,22,23,25). The largest absolute Gasteiger partial charge is 0.382 e. The van der Waals surface area contributed by atoms with Gasteiger partial charge < -0.3 is 11.1 Å². The number of nitrogen functional groups attached to an aromatic ring is 1. The molecule has 0 spiro atoms. The molecule has 1 unspecified atom stereocenters. The molecular weight excluding hydrogens is 378 g/mol. The first-order valence-electron chi connectivity index (χ1n) is 7.96. The Morgan fingerprint density at radius 3 is 2.52 bits per heavy atom. The number of rotatable bonds is 2. The number of benzene rings is 2. The highest BCUT2D eigenvalue weighted by molar-refractivity contribution is 9.10. The van der Waals surface area contributed by atoms with Crippen LogP contribution in [0.3, 0.4) is 0 Å². The number of nitrogens with zero attached hydrogens (tertiary/aromatic N) is 3. The van der Waals surface area contributed by atoms with Gasteiger partial charge in [0.1, 0.15) is 12.0 Å². The first kappa shape index (κ1) is 15.8. The van der Waals surface area contributed by atoms with Crippen molar-refractivity contribution in [1.29, 1.82) is 0 Å². The fourth-order valence-corrected chi connectivity index (χ4v) is 3.17. The molecule has 0 bridgehead atoms. The summed E-state index contributed by atoms with van der Waals surface area (Å²) < 4.78 is 1.03. The van der Waals surface area contributed by atoms with Crippen LogP contribution in [0.1, 0.15) is 23.6 Å². The summed E-state index contributed by atoms with van der Waals surface area (Å²) in [6.07, 6.45) is 2.19. The van der Waals surface area contributed by atoms with Gasteiger partial charge in [-0.1, -0.05) is 58.4 Å². The quantitative estimate of drug-likeness (QED) is 0.671. The number of halogens is 1. The zero-order valence-corrected chi connectivity index (χ0v) is 14.9. The van der Waals surface area contributed by atoms with Crippen molar-refractivity contribution in [1.82, 2.24) is 9.97 Å². The van der Waals surface area contributed by atoms with Gasteiger partial charge in [0.2, 0.25) is 0 Å². The van der Waals surface area contributed by atoms with Gasteiger partial charge in [0.05, 0.1) is 11.8 Å². The van der Waals surface area contributed by atoms with E-state index in [9.17, 15) is 0 Å². The van der Waals surface area contributed by atoms with Crippen molar-refractivity contribution in [3.8, 4) is 0 Å².